The van der Waals surface area contributed by atoms with Crippen LogP contribution >= 0.6 is 0 Å². The van der Waals surface area contributed by atoms with Gasteiger partial charge in [-0.25, -0.2) is 4.39 Å². The molecule has 1 aliphatic rings. The summed E-state index contributed by atoms with van der Waals surface area (Å²) in [7, 11) is 0. The lowest BCUT2D eigenvalue weighted by Crippen LogP contribution is -2.39. The molecule has 2 aromatic carbocycles. The molecule has 0 bridgehead atoms. The fourth-order valence-electron chi connectivity index (χ4n) is 2.59. The summed E-state index contributed by atoms with van der Waals surface area (Å²) in [6.07, 6.45) is -1.18. The van der Waals surface area contributed by atoms with Gasteiger partial charge in [-0.3, -0.25) is 14.5 Å². The van der Waals surface area contributed by atoms with Crippen LogP contribution in [-0.4, -0.2) is 41.1 Å². The standard InChI is InChI=1S/C18H13FN2O4/c19-15-6-3-7-16(14(15)8-20)25-10-11(22)9-21-17(23)12-4-1-2-5-13(12)18(21)24/h1-7,11,22H,9-10H2/t11-/m0/s1. The lowest BCUT2D eigenvalue weighted by molar-refractivity contribution is 0.0456. The first-order valence-corrected chi connectivity index (χ1v) is 7.47. The zero-order valence-corrected chi connectivity index (χ0v) is 13.0. The Morgan fingerprint density at radius 3 is 2.36 bits per heavy atom. The predicted octanol–water partition coefficient (Wildman–Crippen LogP) is 1.73. The Kier molecular flexibility index (Phi) is 4.46. The van der Waals surface area contributed by atoms with Crippen LogP contribution in [0.1, 0.15) is 26.3 Å². The number of β-amino-alcohol motifs (C(OH)–C–C–N with tert-alkyl or cyclic N) is 1. The summed E-state index contributed by atoms with van der Waals surface area (Å²) < 4.78 is 18.8. The van der Waals surface area contributed by atoms with Crippen LogP contribution in [0, 0.1) is 17.1 Å². The second-order valence-electron chi connectivity index (χ2n) is 5.46. The average Bonchev–Trinajstić information content (AvgIpc) is 2.85. The average molecular weight is 340 g/mol. The van der Waals surface area contributed by atoms with Gasteiger partial charge in [-0.15, -0.1) is 0 Å². The van der Waals surface area contributed by atoms with Crippen LogP contribution in [-0.2, 0) is 0 Å². The molecular formula is C18H13FN2O4. The van der Waals surface area contributed by atoms with E-state index in [1.165, 1.54) is 12.1 Å². The molecule has 1 heterocycles. The van der Waals surface area contributed by atoms with E-state index in [2.05, 4.69) is 0 Å². The fraction of sp³-hybridized carbons (Fsp3) is 0.167. The van der Waals surface area contributed by atoms with Crippen LogP contribution < -0.4 is 4.74 Å². The van der Waals surface area contributed by atoms with Crippen LogP contribution in [0.3, 0.4) is 0 Å². The molecular weight excluding hydrogens is 327 g/mol. The molecule has 6 nitrogen and oxygen atoms in total. The number of carbonyl (C=O) groups is 2. The number of nitrogens with zero attached hydrogens (tertiary/aromatic N) is 2. The molecule has 7 heteroatoms. The number of benzene rings is 2. The van der Waals surface area contributed by atoms with Crippen molar-refractivity contribution in [1.82, 2.24) is 4.90 Å². The van der Waals surface area contributed by atoms with Crippen molar-refractivity contribution in [2.75, 3.05) is 13.2 Å². The maximum absolute atomic E-state index is 13.5. The highest BCUT2D eigenvalue weighted by Gasteiger charge is 2.36. The maximum atomic E-state index is 13.5. The summed E-state index contributed by atoms with van der Waals surface area (Å²) >= 11 is 0. The van der Waals surface area contributed by atoms with Gasteiger partial charge in [0.25, 0.3) is 11.8 Å². The van der Waals surface area contributed by atoms with E-state index < -0.39 is 23.7 Å². The third-order valence-electron chi connectivity index (χ3n) is 3.79. The number of carbonyl (C=O) groups excluding carboxylic acids is 2. The molecule has 0 aliphatic carbocycles. The molecule has 0 spiro atoms. The zero-order chi connectivity index (χ0) is 18.0. The highest BCUT2D eigenvalue weighted by molar-refractivity contribution is 6.21. The van der Waals surface area contributed by atoms with Gasteiger partial charge in [0.05, 0.1) is 17.7 Å². The molecule has 0 unspecified atom stereocenters. The number of amides is 2. The molecule has 0 saturated carbocycles. The van der Waals surface area contributed by atoms with Crippen molar-refractivity contribution in [3.05, 3.63) is 65.0 Å². The van der Waals surface area contributed by atoms with Crippen molar-refractivity contribution < 1.29 is 23.8 Å². The number of hydrogen-bond acceptors (Lipinski definition) is 5. The number of imide groups is 1. The second-order valence-corrected chi connectivity index (χ2v) is 5.46. The van der Waals surface area contributed by atoms with Crippen LogP contribution in [0.15, 0.2) is 42.5 Å². The largest absolute Gasteiger partial charge is 0.489 e. The van der Waals surface area contributed by atoms with E-state index in [-0.39, 0.29) is 35.6 Å². The van der Waals surface area contributed by atoms with Crippen molar-refractivity contribution in [3.8, 4) is 11.8 Å². The molecule has 1 atom stereocenters. The van der Waals surface area contributed by atoms with Crippen molar-refractivity contribution in [3.63, 3.8) is 0 Å². The summed E-state index contributed by atoms with van der Waals surface area (Å²) in [5.74, 6) is -1.70. The van der Waals surface area contributed by atoms with Gasteiger partial charge in [-0.2, -0.15) is 5.26 Å². The summed E-state index contributed by atoms with van der Waals surface area (Å²) in [6, 6.07) is 12.0. The Labute approximate surface area is 142 Å². The summed E-state index contributed by atoms with van der Waals surface area (Å²) in [5.41, 5.74) is 0.311. The smallest absolute Gasteiger partial charge is 0.261 e. The molecule has 3 rings (SSSR count). The summed E-state index contributed by atoms with van der Waals surface area (Å²) in [6.45, 7) is -0.560. The van der Waals surface area contributed by atoms with E-state index in [1.54, 1.807) is 30.3 Å². The molecule has 2 amide bonds. The number of nitriles is 1. The minimum atomic E-state index is -1.18. The third kappa shape index (κ3) is 3.07. The van der Waals surface area contributed by atoms with Crippen LogP contribution in [0.2, 0.25) is 0 Å². The predicted molar refractivity (Wildman–Crippen MR) is 84.4 cm³/mol. The van der Waals surface area contributed by atoms with Gasteiger partial charge >= 0.3 is 0 Å². The number of rotatable bonds is 5. The van der Waals surface area contributed by atoms with Gasteiger partial charge in [0, 0.05) is 0 Å². The number of halogens is 1. The topological polar surface area (TPSA) is 90.6 Å². The van der Waals surface area contributed by atoms with Gasteiger partial charge in [0.2, 0.25) is 0 Å². The van der Waals surface area contributed by atoms with E-state index in [0.717, 1.165) is 11.0 Å². The normalized spacial score (nSPS) is 14.2. The van der Waals surface area contributed by atoms with Gasteiger partial charge < -0.3 is 9.84 Å². The van der Waals surface area contributed by atoms with E-state index in [1.807, 2.05) is 0 Å². The van der Waals surface area contributed by atoms with Crippen molar-refractivity contribution >= 4 is 11.8 Å². The summed E-state index contributed by atoms with van der Waals surface area (Å²) in [4.78, 5) is 25.4. The molecule has 1 aliphatic heterocycles. The lowest BCUT2D eigenvalue weighted by atomic mass is 10.1. The first-order chi connectivity index (χ1) is 12.0. The summed E-state index contributed by atoms with van der Waals surface area (Å²) in [5, 5.41) is 19.0. The van der Waals surface area contributed by atoms with Crippen LogP contribution in [0.5, 0.6) is 5.75 Å². The fourth-order valence-corrected chi connectivity index (χ4v) is 2.59. The molecule has 0 saturated heterocycles. The molecule has 0 fully saturated rings. The number of aliphatic hydroxyl groups is 1. The van der Waals surface area contributed by atoms with Crippen molar-refractivity contribution in [2.45, 2.75) is 6.10 Å². The van der Waals surface area contributed by atoms with Gasteiger partial charge in [-0.1, -0.05) is 18.2 Å². The molecule has 1 N–H and O–H groups in total. The first-order valence-electron chi connectivity index (χ1n) is 7.47. The lowest BCUT2D eigenvalue weighted by Gasteiger charge is -2.19. The highest BCUT2D eigenvalue weighted by atomic mass is 19.1. The zero-order valence-electron chi connectivity index (χ0n) is 13.0. The number of hydrogen-bond donors (Lipinski definition) is 1. The van der Waals surface area contributed by atoms with Crippen LogP contribution in [0.4, 0.5) is 4.39 Å². The van der Waals surface area contributed by atoms with Gasteiger partial charge in [-0.05, 0) is 24.3 Å². The van der Waals surface area contributed by atoms with E-state index in [9.17, 15) is 19.1 Å². The number of fused-ring (bicyclic) bond motifs is 1. The van der Waals surface area contributed by atoms with E-state index >= 15 is 0 Å². The number of aliphatic hydroxyl groups excluding tert-OH is 1. The minimum Gasteiger partial charge on any atom is -0.489 e. The molecule has 0 radical (unpaired) electrons. The SMILES string of the molecule is N#Cc1c(F)cccc1OC[C@@H](O)CN1C(=O)c2ccccc2C1=O. The Hall–Kier alpha value is -3.24. The van der Waals surface area contributed by atoms with E-state index in [4.69, 9.17) is 10.00 Å². The van der Waals surface area contributed by atoms with E-state index in [0.29, 0.717) is 0 Å². The maximum Gasteiger partial charge on any atom is 0.261 e. The second kappa shape index (κ2) is 6.71. The Morgan fingerprint density at radius 1 is 1.12 bits per heavy atom. The number of ether oxygens (including phenoxy) is 1. The Morgan fingerprint density at radius 2 is 1.76 bits per heavy atom. The van der Waals surface area contributed by atoms with Gasteiger partial charge in [0.15, 0.2) is 0 Å². The third-order valence-corrected chi connectivity index (χ3v) is 3.79. The Bertz CT molecular complexity index is 856. The van der Waals surface area contributed by atoms with Crippen molar-refractivity contribution in [2.24, 2.45) is 0 Å². The molecule has 0 aromatic heterocycles. The highest BCUT2D eigenvalue weighted by Crippen LogP contribution is 2.23. The monoisotopic (exact) mass is 340 g/mol. The van der Waals surface area contributed by atoms with Gasteiger partial charge in [0.1, 0.15) is 35.9 Å². The van der Waals surface area contributed by atoms with Crippen LogP contribution in [0.25, 0.3) is 0 Å². The minimum absolute atomic E-state index is 0.0103. The van der Waals surface area contributed by atoms with Crippen molar-refractivity contribution in [1.29, 1.82) is 5.26 Å². The Balaban J connectivity index is 1.66. The first kappa shape index (κ1) is 16.6. The quantitative estimate of drug-likeness (QED) is 0.837. The molecule has 126 valence electrons. The molecule has 2 aromatic rings. The molecule has 25 heavy (non-hydrogen) atoms.